The molecule has 0 saturated carbocycles. The molecule has 0 aliphatic heterocycles. The number of esters is 1. The summed E-state index contributed by atoms with van der Waals surface area (Å²) in [5.74, 6) is -0.248. The Bertz CT molecular complexity index is 499. The monoisotopic (exact) mass is 334 g/mol. The van der Waals surface area contributed by atoms with Gasteiger partial charge in [-0.05, 0) is 20.8 Å². The summed E-state index contributed by atoms with van der Waals surface area (Å²) in [6, 6.07) is -0.848. The van der Waals surface area contributed by atoms with Crippen LogP contribution in [0.1, 0.15) is 31.5 Å². The topological polar surface area (TPSA) is 77.5 Å². The number of hydrogen-bond donors (Lipinski definition) is 1. The van der Waals surface area contributed by atoms with Gasteiger partial charge >= 0.3 is 12.1 Å². The lowest BCUT2D eigenvalue weighted by Crippen LogP contribution is -2.45. The van der Waals surface area contributed by atoms with Gasteiger partial charge in [-0.2, -0.15) is 0 Å². The Morgan fingerprint density at radius 3 is 2.62 bits per heavy atom. The predicted molar refractivity (Wildman–Crippen MR) is 80.5 cm³/mol. The summed E-state index contributed by atoms with van der Waals surface area (Å²) in [5, 5.41) is 5.00. The Hall–Kier alpha value is -1.34. The summed E-state index contributed by atoms with van der Waals surface area (Å²) < 4.78 is 9.82. The first kappa shape index (κ1) is 17.7. The van der Waals surface area contributed by atoms with Gasteiger partial charge in [-0.15, -0.1) is 22.9 Å². The van der Waals surface area contributed by atoms with E-state index in [9.17, 15) is 9.59 Å². The molecule has 8 heteroatoms. The van der Waals surface area contributed by atoms with Crippen LogP contribution in [0.2, 0.25) is 0 Å². The zero-order valence-electron chi connectivity index (χ0n) is 12.4. The number of methoxy groups -OCH3 is 1. The summed E-state index contributed by atoms with van der Waals surface area (Å²) in [6.45, 7) is 5.23. The summed E-state index contributed by atoms with van der Waals surface area (Å²) in [4.78, 5) is 27.8. The van der Waals surface area contributed by atoms with E-state index in [-0.39, 0.29) is 6.42 Å². The Labute approximate surface area is 132 Å². The first-order valence-electron chi connectivity index (χ1n) is 6.31. The maximum absolute atomic E-state index is 11.8. The molecule has 1 atom stereocenters. The molecule has 0 aliphatic rings. The van der Waals surface area contributed by atoms with Crippen molar-refractivity contribution in [1.82, 2.24) is 10.3 Å². The molecule has 0 radical (unpaired) electrons. The average Bonchev–Trinajstić information content (AvgIpc) is 2.82. The van der Waals surface area contributed by atoms with E-state index in [1.54, 1.807) is 20.8 Å². The number of rotatable bonds is 5. The minimum absolute atomic E-state index is 0.230. The van der Waals surface area contributed by atoms with Gasteiger partial charge in [-0.25, -0.2) is 14.6 Å². The van der Waals surface area contributed by atoms with Crippen molar-refractivity contribution in [3.63, 3.8) is 0 Å². The van der Waals surface area contributed by atoms with Gasteiger partial charge < -0.3 is 14.8 Å². The summed E-state index contributed by atoms with van der Waals surface area (Å²) in [7, 11) is 1.26. The number of halogens is 1. The van der Waals surface area contributed by atoms with Crippen LogP contribution in [0.4, 0.5) is 4.79 Å². The SMILES string of the molecule is COC(=O)[C@H](Cc1nc(CCl)cs1)NC(=O)OC(C)(C)C. The molecule has 21 heavy (non-hydrogen) atoms. The van der Waals surface area contributed by atoms with Crippen molar-refractivity contribution < 1.29 is 19.1 Å². The van der Waals surface area contributed by atoms with E-state index in [4.69, 9.17) is 21.1 Å². The van der Waals surface area contributed by atoms with Crippen molar-refractivity contribution in [2.75, 3.05) is 7.11 Å². The van der Waals surface area contributed by atoms with Crippen LogP contribution in [0.5, 0.6) is 0 Å². The second-order valence-electron chi connectivity index (χ2n) is 5.29. The Morgan fingerprint density at radius 2 is 2.14 bits per heavy atom. The van der Waals surface area contributed by atoms with Crippen LogP contribution in [0, 0.1) is 0 Å². The maximum Gasteiger partial charge on any atom is 0.408 e. The molecule has 0 fully saturated rings. The molecule has 118 valence electrons. The van der Waals surface area contributed by atoms with Gasteiger partial charge in [0.25, 0.3) is 0 Å². The second kappa shape index (κ2) is 7.61. The van der Waals surface area contributed by atoms with Gasteiger partial charge in [-0.1, -0.05) is 0 Å². The van der Waals surface area contributed by atoms with Crippen LogP contribution in [0.3, 0.4) is 0 Å². The fraction of sp³-hybridized carbons (Fsp3) is 0.615. The second-order valence-corrected chi connectivity index (χ2v) is 6.50. The van der Waals surface area contributed by atoms with E-state index < -0.39 is 23.7 Å². The van der Waals surface area contributed by atoms with E-state index in [1.807, 2.05) is 5.38 Å². The highest BCUT2D eigenvalue weighted by molar-refractivity contribution is 7.09. The van der Waals surface area contributed by atoms with Crippen LogP contribution in [0.25, 0.3) is 0 Å². The van der Waals surface area contributed by atoms with E-state index in [0.717, 1.165) is 5.69 Å². The lowest BCUT2D eigenvalue weighted by atomic mass is 10.2. The molecule has 0 saturated heterocycles. The highest BCUT2D eigenvalue weighted by atomic mass is 35.5. The number of alkyl carbamates (subject to hydrolysis) is 1. The molecule has 0 bridgehead atoms. The van der Waals surface area contributed by atoms with Crippen molar-refractivity contribution in [3.05, 3.63) is 16.1 Å². The number of ether oxygens (including phenoxy) is 2. The Morgan fingerprint density at radius 1 is 1.48 bits per heavy atom. The number of amides is 1. The van der Waals surface area contributed by atoms with Crippen LogP contribution in [-0.4, -0.2) is 35.8 Å². The van der Waals surface area contributed by atoms with Crippen molar-refractivity contribution in [2.24, 2.45) is 0 Å². The number of carbonyl (C=O) groups is 2. The minimum Gasteiger partial charge on any atom is -0.467 e. The Balaban J connectivity index is 2.72. The number of thiazole rings is 1. The van der Waals surface area contributed by atoms with Gasteiger partial charge in [0.2, 0.25) is 0 Å². The zero-order chi connectivity index (χ0) is 16.0. The lowest BCUT2D eigenvalue weighted by Gasteiger charge is -2.22. The van der Waals surface area contributed by atoms with Crippen molar-refractivity contribution in [1.29, 1.82) is 0 Å². The fourth-order valence-electron chi connectivity index (χ4n) is 1.46. The molecule has 1 aromatic heterocycles. The molecule has 1 heterocycles. The number of nitrogens with one attached hydrogen (secondary N) is 1. The highest BCUT2D eigenvalue weighted by Gasteiger charge is 2.26. The summed E-state index contributed by atoms with van der Waals surface area (Å²) >= 11 is 7.06. The fourth-order valence-corrected chi connectivity index (χ4v) is 2.53. The third kappa shape index (κ3) is 6.31. The third-order valence-electron chi connectivity index (χ3n) is 2.29. The molecule has 1 aromatic rings. The molecule has 1 rings (SSSR count). The van der Waals surface area contributed by atoms with Crippen LogP contribution in [0.15, 0.2) is 5.38 Å². The predicted octanol–water partition coefficient (Wildman–Crippen LogP) is 2.49. The van der Waals surface area contributed by atoms with Gasteiger partial charge in [0.05, 0.1) is 23.7 Å². The van der Waals surface area contributed by atoms with Gasteiger partial charge in [-0.3, -0.25) is 0 Å². The molecule has 0 aromatic carbocycles. The molecular formula is C13H19ClN2O4S. The molecule has 1 amide bonds. The van der Waals surface area contributed by atoms with Gasteiger partial charge in [0.15, 0.2) is 0 Å². The number of carbonyl (C=O) groups excluding carboxylic acids is 2. The van der Waals surface area contributed by atoms with Gasteiger partial charge in [0, 0.05) is 11.8 Å². The van der Waals surface area contributed by atoms with Crippen molar-refractivity contribution in [3.8, 4) is 0 Å². The van der Waals surface area contributed by atoms with E-state index >= 15 is 0 Å². The normalized spacial score (nSPS) is 12.6. The number of nitrogens with zero attached hydrogens (tertiary/aromatic N) is 1. The third-order valence-corrected chi connectivity index (χ3v) is 3.49. The number of alkyl halides is 1. The summed E-state index contributed by atoms with van der Waals surface area (Å²) in [6.07, 6.45) is -0.444. The quantitative estimate of drug-likeness (QED) is 0.661. The first-order valence-corrected chi connectivity index (χ1v) is 7.73. The van der Waals surface area contributed by atoms with Crippen molar-refractivity contribution in [2.45, 2.75) is 44.7 Å². The van der Waals surface area contributed by atoms with Crippen molar-refractivity contribution >= 4 is 35.0 Å². The smallest absolute Gasteiger partial charge is 0.408 e. The van der Waals surface area contributed by atoms with Crippen LogP contribution in [-0.2, 0) is 26.6 Å². The largest absolute Gasteiger partial charge is 0.467 e. The highest BCUT2D eigenvalue weighted by Crippen LogP contribution is 2.14. The van der Waals surface area contributed by atoms with Crippen LogP contribution < -0.4 is 5.32 Å². The maximum atomic E-state index is 11.8. The Kier molecular flexibility index (Phi) is 6.42. The molecule has 0 unspecified atom stereocenters. The standard InChI is InChI=1S/C13H19ClN2O4S/c1-13(2,3)20-12(18)16-9(11(17)19-4)5-10-15-8(6-14)7-21-10/h7,9H,5-6H2,1-4H3,(H,16,18)/t9-/m0/s1. The average molecular weight is 335 g/mol. The molecule has 0 spiro atoms. The first-order chi connectivity index (χ1) is 9.75. The van der Waals surface area contributed by atoms with Gasteiger partial charge in [0.1, 0.15) is 11.6 Å². The zero-order valence-corrected chi connectivity index (χ0v) is 14.0. The van der Waals surface area contributed by atoms with Crippen LogP contribution >= 0.6 is 22.9 Å². The molecule has 1 N–H and O–H groups in total. The summed E-state index contributed by atoms with van der Waals surface area (Å²) in [5.41, 5.74) is 0.0927. The lowest BCUT2D eigenvalue weighted by molar-refractivity contribution is -0.143. The molecule has 0 aliphatic carbocycles. The van der Waals surface area contributed by atoms with E-state index in [0.29, 0.717) is 10.9 Å². The molecule has 6 nitrogen and oxygen atoms in total. The molecular weight excluding hydrogens is 316 g/mol. The van der Waals surface area contributed by atoms with E-state index in [1.165, 1.54) is 18.4 Å². The number of aromatic nitrogens is 1. The van der Waals surface area contributed by atoms with E-state index in [2.05, 4.69) is 10.3 Å². The minimum atomic E-state index is -0.848. The number of hydrogen-bond acceptors (Lipinski definition) is 6.